The molecule has 0 bridgehead atoms. The number of benzene rings is 2. The molecule has 4 nitrogen and oxygen atoms in total. The van der Waals surface area contributed by atoms with Gasteiger partial charge in [0.1, 0.15) is 18.3 Å². The number of fused-ring (bicyclic) bond motifs is 1. The average Bonchev–Trinajstić information content (AvgIpc) is 3.29. The van der Waals surface area contributed by atoms with Crippen LogP contribution in [0, 0.1) is 6.92 Å². The van der Waals surface area contributed by atoms with Crippen molar-refractivity contribution in [2.24, 2.45) is 0 Å². The molecule has 0 spiro atoms. The number of carbonyl (C=O) groups excluding carboxylic acids is 1. The zero-order chi connectivity index (χ0) is 20.2. The van der Waals surface area contributed by atoms with E-state index in [2.05, 4.69) is 47.1 Å². The molecule has 0 aliphatic heterocycles. The average molecular weight is 404 g/mol. The largest absolute Gasteiger partial charge is 0.465 e. The van der Waals surface area contributed by atoms with E-state index in [-0.39, 0.29) is 12.0 Å². The summed E-state index contributed by atoms with van der Waals surface area (Å²) in [5.41, 5.74) is 4.37. The predicted molar refractivity (Wildman–Crippen MR) is 116 cm³/mol. The van der Waals surface area contributed by atoms with E-state index in [0.29, 0.717) is 12.1 Å². The van der Waals surface area contributed by atoms with Gasteiger partial charge in [-0.05, 0) is 30.0 Å². The lowest BCUT2D eigenvalue weighted by Crippen LogP contribution is -2.84. The number of hydrogen-bond donors (Lipinski definition) is 1. The van der Waals surface area contributed by atoms with Gasteiger partial charge in [-0.15, -0.1) is 11.3 Å². The molecule has 29 heavy (non-hydrogen) atoms. The topological polar surface area (TPSA) is 55.8 Å². The molecular weight excluding hydrogens is 380 g/mol. The number of carbonyl (C=O) groups is 1. The first kappa shape index (κ1) is 19.3. The lowest BCUT2D eigenvalue weighted by atomic mass is 10.0. The molecule has 0 saturated carbocycles. The summed E-state index contributed by atoms with van der Waals surface area (Å²) < 4.78 is 5.08. The molecule has 1 atom stereocenters. The van der Waals surface area contributed by atoms with Crippen molar-refractivity contribution in [3.8, 4) is 0 Å². The molecule has 2 N–H and O–H groups in total. The number of quaternary nitrogens is 1. The van der Waals surface area contributed by atoms with Crippen molar-refractivity contribution in [3.05, 3.63) is 99.4 Å². The van der Waals surface area contributed by atoms with Crippen molar-refractivity contribution >= 4 is 28.2 Å². The number of methoxy groups -OCH3 is 1. The van der Waals surface area contributed by atoms with Gasteiger partial charge in [-0.2, -0.15) is 0 Å². The van der Waals surface area contributed by atoms with Crippen LogP contribution in [0.2, 0.25) is 0 Å². The molecule has 0 fully saturated rings. The van der Waals surface area contributed by atoms with E-state index in [4.69, 9.17) is 9.72 Å². The van der Waals surface area contributed by atoms with E-state index in [0.717, 1.165) is 22.2 Å². The molecule has 2 heterocycles. The van der Waals surface area contributed by atoms with E-state index in [1.807, 2.05) is 37.3 Å². The maximum Gasteiger partial charge on any atom is 0.340 e. The summed E-state index contributed by atoms with van der Waals surface area (Å²) >= 11 is 1.74. The quantitative estimate of drug-likeness (QED) is 0.490. The van der Waals surface area contributed by atoms with Gasteiger partial charge in [0.2, 0.25) is 0 Å². The second-order valence-electron chi connectivity index (χ2n) is 6.91. The Morgan fingerprint density at radius 3 is 2.55 bits per heavy atom. The first-order chi connectivity index (χ1) is 14.2. The van der Waals surface area contributed by atoms with Crippen molar-refractivity contribution in [1.82, 2.24) is 4.98 Å². The number of aryl methyl sites for hydroxylation is 1. The van der Waals surface area contributed by atoms with E-state index < -0.39 is 0 Å². The molecule has 0 unspecified atom stereocenters. The minimum absolute atomic E-state index is 0.148. The number of hydrogen-bond acceptors (Lipinski definition) is 4. The van der Waals surface area contributed by atoms with Crippen molar-refractivity contribution in [1.29, 1.82) is 0 Å². The fraction of sp³-hybridized carbons (Fsp3) is 0.167. The number of nitrogens with zero attached hydrogens (tertiary/aromatic N) is 1. The second-order valence-corrected chi connectivity index (χ2v) is 7.89. The SMILES string of the molecule is COC(=O)c1c(C[NH2+][C@H](c2ccccc2)c2cccs2)nc2ccccc2c1C. The molecule has 0 aliphatic rings. The number of pyridine rings is 1. The lowest BCUT2D eigenvalue weighted by molar-refractivity contribution is -0.702. The standard InChI is InChI=1S/C24H22N2O2S/c1-16-18-11-6-7-12-19(18)26-20(22(16)24(27)28-2)15-25-23(21-13-8-14-29-21)17-9-4-3-5-10-17/h3-14,23,25H,15H2,1-2H3/p+1/t23-/m1/s1. The van der Waals surface area contributed by atoms with Crippen LogP contribution in [-0.2, 0) is 11.3 Å². The third kappa shape index (κ3) is 3.92. The molecular formula is C24H23N2O2S+. The summed E-state index contributed by atoms with van der Waals surface area (Å²) in [5, 5.41) is 5.32. The van der Waals surface area contributed by atoms with Crippen LogP contribution in [0.25, 0.3) is 10.9 Å². The zero-order valence-corrected chi connectivity index (χ0v) is 17.3. The predicted octanol–water partition coefficient (Wildman–Crippen LogP) is 4.24. The Hall–Kier alpha value is -3.02. The van der Waals surface area contributed by atoms with E-state index in [9.17, 15) is 4.79 Å². The Balaban J connectivity index is 1.73. The van der Waals surface area contributed by atoms with Gasteiger partial charge in [0.15, 0.2) is 0 Å². The van der Waals surface area contributed by atoms with Crippen LogP contribution in [0.5, 0.6) is 0 Å². The van der Waals surface area contributed by atoms with Crippen LogP contribution in [0.1, 0.15) is 38.1 Å². The maximum atomic E-state index is 12.6. The number of aromatic nitrogens is 1. The normalized spacial score (nSPS) is 12.1. The van der Waals surface area contributed by atoms with Gasteiger partial charge < -0.3 is 10.1 Å². The van der Waals surface area contributed by atoms with Crippen molar-refractivity contribution in [2.75, 3.05) is 7.11 Å². The van der Waals surface area contributed by atoms with Crippen LogP contribution >= 0.6 is 11.3 Å². The molecule has 4 aromatic rings. The third-order valence-corrected chi connectivity index (χ3v) is 6.13. The maximum absolute atomic E-state index is 12.6. The van der Waals surface area contributed by atoms with Gasteiger partial charge in [-0.3, -0.25) is 0 Å². The van der Waals surface area contributed by atoms with Gasteiger partial charge in [-0.25, -0.2) is 9.78 Å². The van der Waals surface area contributed by atoms with Gasteiger partial charge in [-0.1, -0.05) is 54.6 Å². The molecule has 0 amide bonds. The highest BCUT2D eigenvalue weighted by Gasteiger charge is 2.23. The Morgan fingerprint density at radius 1 is 1.07 bits per heavy atom. The van der Waals surface area contributed by atoms with Crippen molar-refractivity contribution in [2.45, 2.75) is 19.5 Å². The fourth-order valence-electron chi connectivity index (χ4n) is 3.74. The van der Waals surface area contributed by atoms with Gasteiger partial charge in [0.25, 0.3) is 0 Å². The van der Waals surface area contributed by atoms with Crippen LogP contribution in [0.3, 0.4) is 0 Å². The molecule has 4 rings (SSSR count). The number of rotatable bonds is 6. The summed E-state index contributed by atoms with van der Waals surface area (Å²) in [6.45, 7) is 2.54. The second kappa shape index (κ2) is 8.55. The summed E-state index contributed by atoms with van der Waals surface area (Å²) in [5.74, 6) is -0.337. The number of para-hydroxylation sites is 1. The van der Waals surface area contributed by atoms with E-state index >= 15 is 0 Å². The molecule has 2 aromatic carbocycles. The molecule has 0 saturated heterocycles. The Labute approximate surface area is 174 Å². The molecule has 2 aromatic heterocycles. The minimum Gasteiger partial charge on any atom is -0.465 e. The summed E-state index contributed by atoms with van der Waals surface area (Å²) in [6, 6.07) is 22.7. The first-order valence-corrected chi connectivity index (χ1v) is 10.4. The van der Waals surface area contributed by atoms with Crippen LogP contribution in [-0.4, -0.2) is 18.1 Å². The highest BCUT2D eigenvalue weighted by molar-refractivity contribution is 7.10. The highest BCUT2D eigenvalue weighted by Crippen LogP contribution is 2.25. The molecule has 5 heteroatoms. The third-order valence-electron chi connectivity index (χ3n) is 5.17. The molecule has 0 radical (unpaired) electrons. The van der Waals surface area contributed by atoms with Crippen LogP contribution < -0.4 is 5.32 Å². The van der Waals surface area contributed by atoms with E-state index in [1.165, 1.54) is 17.6 Å². The summed E-state index contributed by atoms with van der Waals surface area (Å²) in [6.07, 6.45) is 0. The van der Waals surface area contributed by atoms with Gasteiger partial charge in [0.05, 0.1) is 23.1 Å². The van der Waals surface area contributed by atoms with Crippen molar-refractivity contribution < 1.29 is 14.8 Å². The number of thiophene rings is 1. The van der Waals surface area contributed by atoms with Crippen LogP contribution in [0.15, 0.2) is 72.1 Å². The molecule has 146 valence electrons. The number of nitrogens with two attached hydrogens (primary N) is 1. The minimum atomic E-state index is -0.337. The highest BCUT2D eigenvalue weighted by atomic mass is 32.1. The van der Waals surface area contributed by atoms with Crippen molar-refractivity contribution in [3.63, 3.8) is 0 Å². The Kier molecular flexibility index (Phi) is 5.69. The number of ether oxygens (including phenoxy) is 1. The first-order valence-electron chi connectivity index (χ1n) is 9.57. The number of esters is 1. The Bertz CT molecular complexity index is 1120. The summed E-state index contributed by atoms with van der Waals surface area (Å²) in [7, 11) is 1.42. The molecule has 0 aliphatic carbocycles. The van der Waals surface area contributed by atoms with Gasteiger partial charge in [0, 0.05) is 10.9 Å². The monoisotopic (exact) mass is 403 g/mol. The summed E-state index contributed by atoms with van der Waals surface area (Å²) in [4.78, 5) is 18.7. The Morgan fingerprint density at radius 2 is 1.83 bits per heavy atom. The van der Waals surface area contributed by atoms with Crippen LogP contribution in [0.4, 0.5) is 0 Å². The smallest absolute Gasteiger partial charge is 0.340 e. The fourth-order valence-corrected chi connectivity index (χ4v) is 4.59. The van der Waals surface area contributed by atoms with E-state index in [1.54, 1.807) is 11.3 Å². The zero-order valence-electron chi connectivity index (χ0n) is 16.5. The van der Waals surface area contributed by atoms with Gasteiger partial charge >= 0.3 is 5.97 Å². The lowest BCUT2D eigenvalue weighted by Gasteiger charge is -2.17.